The van der Waals surface area contributed by atoms with E-state index in [9.17, 15) is 9.90 Å². The third kappa shape index (κ3) is 2.41. The van der Waals surface area contributed by atoms with Crippen LogP contribution in [0.5, 0.6) is 0 Å². The highest BCUT2D eigenvalue weighted by molar-refractivity contribution is 5.67. The largest absolute Gasteiger partial charge is 0.465 e. The zero-order valence-corrected chi connectivity index (χ0v) is 13.4. The first-order chi connectivity index (χ1) is 10.5. The number of aryl methyl sites for hydroxylation is 1. The van der Waals surface area contributed by atoms with Gasteiger partial charge in [0, 0.05) is 31.9 Å². The van der Waals surface area contributed by atoms with E-state index in [1.165, 1.54) is 10.5 Å². The van der Waals surface area contributed by atoms with Crippen LogP contribution in [0.3, 0.4) is 0 Å². The Morgan fingerprint density at radius 3 is 2.91 bits per heavy atom. The molecule has 0 radical (unpaired) electrons. The van der Waals surface area contributed by atoms with Crippen LogP contribution in [0.25, 0.3) is 0 Å². The lowest BCUT2D eigenvalue weighted by molar-refractivity contribution is 0.128. The monoisotopic (exact) mass is 305 g/mol. The molecule has 22 heavy (non-hydrogen) atoms. The van der Waals surface area contributed by atoms with Gasteiger partial charge in [-0.2, -0.15) is 0 Å². The highest BCUT2D eigenvalue weighted by atomic mass is 16.5. The van der Waals surface area contributed by atoms with Crippen LogP contribution in [0, 0.1) is 0 Å². The molecule has 2 aliphatic rings. The Balaban J connectivity index is 1.94. The highest BCUT2D eigenvalue weighted by Crippen LogP contribution is 2.36. The average molecular weight is 305 g/mol. The van der Waals surface area contributed by atoms with Crippen molar-refractivity contribution >= 4 is 11.9 Å². The van der Waals surface area contributed by atoms with E-state index < -0.39 is 6.09 Å². The number of carboxylic acid groups (broad SMARTS) is 1. The summed E-state index contributed by atoms with van der Waals surface area (Å²) in [6.45, 7) is 5.84. The number of amides is 1. The minimum absolute atomic E-state index is 0.154. The molecule has 0 aliphatic carbocycles. The molecular formula is C16H23N3O3. The molecule has 0 aromatic carbocycles. The Morgan fingerprint density at radius 1 is 1.50 bits per heavy atom. The second kappa shape index (κ2) is 5.76. The molecule has 0 bridgehead atoms. The number of anilines is 1. The zero-order valence-electron chi connectivity index (χ0n) is 13.4. The quantitative estimate of drug-likeness (QED) is 0.924. The van der Waals surface area contributed by atoms with Crippen LogP contribution in [0.1, 0.15) is 30.7 Å². The van der Waals surface area contributed by atoms with E-state index in [2.05, 4.69) is 24.8 Å². The molecule has 3 rings (SSSR count). The van der Waals surface area contributed by atoms with E-state index in [4.69, 9.17) is 9.72 Å². The Morgan fingerprint density at radius 2 is 2.27 bits per heavy atom. The van der Waals surface area contributed by atoms with Gasteiger partial charge in [-0.05, 0) is 37.0 Å². The summed E-state index contributed by atoms with van der Waals surface area (Å²) in [4.78, 5) is 20.0. The summed E-state index contributed by atoms with van der Waals surface area (Å²) in [7, 11) is 1.70. The summed E-state index contributed by atoms with van der Waals surface area (Å²) in [5.41, 5.74) is 3.44. The molecule has 1 aromatic rings. The van der Waals surface area contributed by atoms with Crippen LogP contribution >= 0.6 is 0 Å². The Kier molecular flexibility index (Phi) is 3.95. The number of pyridine rings is 1. The second-order valence-electron chi connectivity index (χ2n) is 6.17. The van der Waals surface area contributed by atoms with Crippen molar-refractivity contribution in [1.29, 1.82) is 0 Å². The van der Waals surface area contributed by atoms with Gasteiger partial charge in [-0.15, -0.1) is 0 Å². The molecule has 6 heteroatoms. The maximum Gasteiger partial charge on any atom is 0.407 e. The van der Waals surface area contributed by atoms with E-state index in [1.54, 1.807) is 7.11 Å². The van der Waals surface area contributed by atoms with Crippen molar-refractivity contribution in [2.24, 2.45) is 0 Å². The third-order valence-corrected chi connectivity index (χ3v) is 4.64. The summed E-state index contributed by atoms with van der Waals surface area (Å²) in [6, 6.07) is 2.55. The predicted octanol–water partition coefficient (Wildman–Crippen LogP) is 1.90. The minimum Gasteiger partial charge on any atom is -0.465 e. The number of ether oxygens (including phenoxy) is 1. The molecular weight excluding hydrogens is 282 g/mol. The van der Waals surface area contributed by atoms with Gasteiger partial charge in [0.2, 0.25) is 0 Å². The smallest absolute Gasteiger partial charge is 0.407 e. The number of hydrogen-bond acceptors (Lipinski definition) is 4. The normalized spacial score (nSPS) is 23.4. The van der Waals surface area contributed by atoms with Crippen LogP contribution in [0.2, 0.25) is 0 Å². The molecule has 1 aromatic heterocycles. The molecule has 6 nitrogen and oxygen atoms in total. The van der Waals surface area contributed by atoms with Gasteiger partial charge in [-0.3, -0.25) is 0 Å². The van der Waals surface area contributed by atoms with Gasteiger partial charge in [0.15, 0.2) is 0 Å². The van der Waals surface area contributed by atoms with E-state index in [1.807, 2.05) is 0 Å². The van der Waals surface area contributed by atoms with Crippen molar-refractivity contribution in [1.82, 2.24) is 9.88 Å². The number of methoxy groups -OCH3 is 1. The maximum absolute atomic E-state index is 11.3. The lowest BCUT2D eigenvalue weighted by Crippen LogP contribution is -2.58. The average Bonchev–Trinajstić information content (AvgIpc) is 2.84. The molecule has 1 saturated heterocycles. The topological polar surface area (TPSA) is 65.9 Å². The molecule has 2 aliphatic heterocycles. The van der Waals surface area contributed by atoms with Crippen molar-refractivity contribution in [3.63, 3.8) is 0 Å². The number of nitrogens with zero attached hydrogens (tertiary/aromatic N) is 3. The van der Waals surface area contributed by atoms with E-state index >= 15 is 0 Å². The van der Waals surface area contributed by atoms with E-state index in [0.29, 0.717) is 19.7 Å². The SMILES string of the molecule is CCc1nc2c(cc1COC)C[C@@H]1CN(C(=O)O)C[C@@H](C)N21. The fourth-order valence-electron chi connectivity index (χ4n) is 3.73. The molecule has 1 N–H and O–H groups in total. The van der Waals surface area contributed by atoms with Gasteiger partial charge in [-0.25, -0.2) is 9.78 Å². The molecule has 1 amide bonds. The van der Waals surface area contributed by atoms with Gasteiger partial charge >= 0.3 is 6.09 Å². The number of rotatable bonds is 3. The first kappa shape index (κ1) is 15.1. The molecule has 2 atom stereocenters. The van der Waals surface area contributed by atoms with E-state index in [-0.39, 0.29) is 12.1 Å². The minimum atomic E-state index is -0.829. The van der Waals surface area contributed by atoms with Crippen molar-refractivity contribution in [3.8, 4) is 0 Å². The molecule has 120 valence electrons. The molecule has 0 unspecified atom stereocenters. The van der Waals surface area contributed by atoms with Crippen molar-refractivity contribution < 1.29 is 14.6 Å². The van der Waals surface area contributed by atoms with Crippen LogP contribution in [0.15, 0.2) is 6.07 Å². The number of piperazine rings is 1. The van der Waals surface area contributed by atoms with Crippen molar-refractivity contribution in [2.45, 2.75) is 45.4 Å². The lowest BCUT2D eigenvalue weighted by atomic mass is 10.1. The molecule has 0 saturated carbocycles. The zero-order chi connectivity index (χ0) is 15.9. The predicted molar refractivity (Wildman–Crippen MR) is 83.4 cm³/mol. The summed E-state index contributed by atoms with van der Waals surface area (Å²) in [6.07, 6.45) is 0.904. The molecule has 1 fully saturated rings. The summed E-state index contributed by atoms with van der Waals surface area (Å²) < 4.78 is 5.28. The summed E-state index contributed by atoms with van der Waals surface area (Å²) in [5.74, 6) is 1.04. The van der Waals surface area contributed by atoms with Crippen molar-refractivity contribution in [2.75, 3.05) is 25.1 Å². The Labute approximate surface area is 130 Å². The molecule has 3 heterocycles. The lowest BCUT2D eigenvalue weighted by Gasteiger charge is -2.42. The molecule has 0 spiro atoms. The van der Waals surface area contributed by atoms with Crippen LogP contribution in [-0.2, 0) is 24.2 Å². The Hall–Kier alpha value is -1.82. The Bertz CT molecular complexity index is 590. The van der Waals surface area contributed by atoms with Crippen molar-refractivity contribution in [3.05, 3.63) is 22.9 Å². The number of hydrogen-bond donors (Lipinski definition) is 1. The number of carbonyl (C=O) groups is 1. The number of aromatic nitrogens is 1. The summed E-state index contributed by atoms with van der Waals surface area (Å²) >= 11 is 0. The van der Waals surface area contributed by atoms with Gasteiger partial charge in [0.1, 0.15) is 5.82 Å². The highest BCUT2D eigenvalue weighted by Gasteiger charge is 2.40. The first-order valence-electron chi connectivity index (χ1n) is 7.82. The summed E-state index contributed by atoms with van der Waals surface area (Å²) in [5, 5.41) is 9.26. The number of fused-ring (bicyclic) bond motifs is 3. The third-order valence-electron chi connectivity index (χ3n) is 4.64. The standard InChI is InChI=1S/C16H23N3O3/c1-4-14-12(9-22-3)5-11-6-13-8-18(16(20)21)7-10(2)19(13)15(11)17-14/h5,10,13H,4,6-9H2,1-3H3,(H,20,21)/t10-,13-/m1/s1. The van der Waals surface area contributed by atoms with E-state index in [0.717, 1.165) is 29.9 Å². The van der Waals surface area contributed by atoms with Crippen LogP contribution in [-0.4, -0.2) is 53.4 Å². The fourth-order valence-corrected chi connectivity index (χ4v) is 3.73. The first-order valence-corrected chi connectivity index (χ1v) is 7.82. The fraction of sp³-hybridized carbons (Fsp3) is 0.625. The van der Waals surface area contributed by atoms with Gasteiger partial charge in [0.25, 0.3) is 0 Å². The van der Waals surface area contributed by atoms with Gasteiger partial charge < -0.3 is 19.6 Å². The van der Waals surface area contributed by atoms with Gasteiger partial charge in [-0.1, -0.05) is 6.92 Å². The van der Waals surface area contributed by atoms with Crippen LogP contribution in [0.4, 0.5) is 10.6 Å². The van der Waals surface area contributed by atoms with Crippen LogP contribution < -0.4 is 4.90 Å². The maximum atomic E-state index is 11.3. The second-order valence-corrected chi connectivity index (χ2v) is 6.17. The van der Waals surface area contributed by atoms with Gasteiger partial charge in [0.05, 0.1) is 12.6 Å².